The van der Waals surface area contributed by atoms with E-state index in [4.69, 9.17) is 0 Å². The predicted molar refractivity (Wildman–Crippen MR) is 305 cm³/mol. The lowest BCUT2D eigenvalue weighted by Gasteiger charge is -2.29. The zero-order valence-corrected chi connectivity index (χ0v) is 43.7. The van der Waals surface area contributed by atoms with Gasteiger partial charge in [-0.25, -0.2) is 0 Å². The summed E-state index contributed by atoms with van der Waals surface area (Å²) in [5.74, 6) is 0. The molecule has 10 rings (SSSR count). The number of hydrogen-bond donors (Lipinski definition) is 0. The van der Waals surface area contributed by atoms with E-state index in [0.717, 1.165) is 50.8 Å². The zero-order valence-electron chi connectivity index (χ0n) is 43.7. The molecule has 0 bridgehead atoms. The predicted octanol–water partition coefficient (Wildman–Crippen LogP) is 19.5. The Morgan fingerprint density at radius 2 is 0.586 bits per heavy atom. The Morgan fingerprint density at radius 3 is 0.857 bits per heavy atom. The Hall–Kier alpha value is -7.10. The van der Waals surface area contributed by atoms with Gasteiger partial charge in [-0.2, -0.15) is 0 Å². The molecule has 0 saturated carbocycles. The van der Waals surface area contributed by atoms with Crippen molar-refractivity contribution in [3.05, 3.63) is 210 Å². The lowest BCUT2D eigenvalue weighted by atomic mass is 9.86. The van der Waals surface area contributed by atoms with Gasteiger partial charge in [-0.15, -0.1) is 0 Å². The summed E-state index contributed by atoms with van der Waals surface area (Å²) in [7, 11) is 0. The standard InChI is InChI=1S/C67H69N3/c1-44-22-32-53(33-23-44)70-60-42-58(68(49-34-24-45(25-35-49)64(2,3)4)50-36-26-46(27-37-50)65(5,6)7)54-18-14-16-20-56(54)62(60)63-57-21-17-15-19-55(57)59(43-61(63)70)69(51-38-28-47(29-39-51)66(8,9)10)52-40-30-48(31-41-52)67(11,12)13/h14-43H,1-13H3. The van der Waals surface area contributed by atoms with Gasteiger partial charge in [0, 0.05) is 50.0 Å². The van der Waals surface area contributed by atoms with Crippen LogP contribution in [0.4, 0.5) is 34.1 Å². The first-order chi connectivity index (χ1) is 33.2. The van der Waals surface area contributed by atoms with Crippen LogP contribution in [0.15, 0.2) is 182 Å². The van der Waals surface area contributed by atoms with E-state index in [-0.39, 0.29) is 21.7 Å². The second kappa shape index (κ2) is 17.1. The van der Waals surface area contributed by atoms with Gasteiger partial charge in [-0.05, 0) is 134 Å². The summed E-state index contributed by atoms with van der Waals surface area (Å²) in [6.07, 6.45) is 0. The maximum absolute atomic E-state index is 2.53. The van der Waals surface area contributed by atoms with Crippen LogP contribution in [0.25, 0.3) is 49.0 Å². The molecule has 0 saturated heterocycles. The topological polar surface area (TPSA) is 11.4 Å². The number of anilines is 6. The quantitative estimate of drug-likeness (QED) is 0.158. The number of rotatable bonds is 7. The van der Waals surface area contributed by atoms with Crippen LogP contribution in [-0.2, 0) is 21.7 Å². The number of aryl methyl sites for hydroxylation is 1. The minimum Gasteiger partial charge on any atom is -0.310 e. The van der Waals surface area contributed by atoms with Crippen LogP contribution in [0.3, 0.4) is 0 Å². The molecule has 0 atom stereocenters. The van der Waals surface area contributed by atoms with Crippen LogP contribution in [0, 0.1) is 6.92 Å². The fourth-order valence-corrected chi connectivity index (χ4v) is 10.3. The summed E-state index contributed by atoms with van der Waals surface area (Å²) in [6, 6.07) is 69.1. The van der Waals surface area contributed by atoms with Crippen molar-refractivity contribution >= 4 is 77.5 Å². The van der Waals surface area contributed by atoms with Crippen molar-refractivity contribution in [2.75, 3.05) is 9.80 Å². The van der Waals surface area contributed by atoms with Gasteiger partial charge < -0.3 is 14.4 Å². The Morgan fingerprint density at radius 1 is 0.314 bits per heavy atom. The Balaban J connectivity index is 1.33. The average molecular weight is 916 g/mol. The first kappa shape index (κ1) is 46.6. The minimum atomic E-state index is 0.0290. The second-order valence-corrected chi connectivity index (χ2v) is 23.7. The zero-order chi connectivity index (χ0) is 49.5. The lowest BCUT2D eigenvalue weighted by Crippen LogP contribution is -2.14. The molecule has 1 heterocycles. The fourth-order valence-electron chi connectivity index (χ4n) is 10.3. The first-order valence-electron chi connectivity index (χ1n) is 25.2. The molecule has 10 aromatic rings. The summed E-state index contributed by atoms with van der Waals surface area (Å²) in [6.45, 7) is 29.6. The number of nitrogens with zero attached hydrogens (tertiary/aromatic N) is 3. The number of fused-ring (bicyclic) bond motifs is 7. The fraction of sp³-hybridized carbons (Fsp3) is 0.254. The van der Waals surface area contributed by atoms with E-state index in [0.29, 0.717) is 0 Å². The van der Waals surface area contributed by atoms with Crippen molar-refractivity contribution < 1.29 is 0 Å². The monoisotopic (exact) mass is 916 g/mol. The van der Waals surface area contributed by atoms with Crippen LogP contribution >= 0.6 is 0 Å². The van der Waals surface area contributed by atoms with Crippen molar-refractivity contribution in [1.29, 1.82) is 0 Å². The SMILES string of the molecule is Cc1ccc(-n2c3cc(N(c4ccc(C(C)(C)C)cc4)c4ccc(C(C)(C)C)cc4)c4ccccc4c3c3c4ccccc4c(N(c4ccc(C(C)(C)C)cc4)c4ccc(C(C)(C)C)cc4)cc32)cc1. The van der Waals surface area contributed by atoms with Crippen molar-refractivity contribution in [1.82, 2.24) is 4.57 Å². The summed E-state index contributed by atoms with van der Waals surface area (Å²) in [5.41, 5.74) is 16.8. The molecule has 0 spiro atoms. The molecule has 0 fully saturated rings. The van der Waals surface area contributed by atoms with Crippen LogP contribution in [-0.4, -0.2) is 4.57 Å². The number of benzene rings is 9. The van der Waals surface area contributed by atoms with Crippen LogP contribution in [0.2, 0.25) is 0 Å². The molecule has 0 unspecified atom stereocenters. The summed E-state index contributed by atoms with van der Waals surface area (Å²) in [5, 5.41) is 7.34. The highest BCUT2D eigenvalue weighted by atomic mass is 15.2. The third kappa shape index (κ3) is 8.44. The van der Waals surface area contributed by atoms with E-state index in [1.165, 1.54) is 60.1 Å². The molecule has 3 nitrogen and oxygen atoms in total. The second-order valence-electron chi connectivity index (χ2n) is 23.7. The number of hydrogen-bond acceptors (Lipinski definition) is 2. The molecule has 0 radical (unpaired) electrons. The highest BCUT2D eigenvalue weighted by Crippen LogP contribution is 2.50. The summed E-state index contributed by atoms with van der Waals surface area (Å²) >= 11 is 0. The third-order valence-corrected chi connectivity index (χ3v) is 14.5. The van der Waals surface area contributed by atoms with Gasteiger partial charge in [-0.3, -0.25) is 0 Å². The lowest BCUT2D eigenvalue weighted by molar-refractivity contribution is 0.590. The van der Waals surface area contributed by atoms with Gasteiger partial charge in [0.25, 0.3) is 0 Å². The molecule has 1 aromatic heterocycles. The minimum absolute atomic E-state index is 0.0290. The van der Waals surface area contributed by atoms with E-state index in [1.807, 2.05) is 0 Å². The van der Waals surface area contributed by atoms with E-state index < -0.39 is 0 Å². The molecular weight excluding hydrogens is 847 g/mol. The van der Waals surface area contributed by atoms with Crippen LogP contribution < -0.4 is 9.80 Å². The largest absolute Gasteiger partial charge is 0.310 e. The van der Waals surface area contributed by atoms with E-state index in [1.54, 1.807) is 0 Å². The first-order valence-corrected chi connectivity index (χ1v) is 25.2. The maximum atomic E-state index is 2.53. The van der Waals surface area contributed by atoms with Gasteiger partial charge in [0.05, 0.1) is 22.4 Å². The van der Waals surface area contributed by atoms with Gasteiger partial charge in [0.15, 0.2) is 0 Å². The van der Waals surface area contributed by atoms with Crippen molar-refractivity contribution in [3.63, 3.8) is 0 Å². The molecule has 0 N–H and O–H groups in total. The Labute approximate surface area is 417 Å². The van der Waals surface area contributed by atoms with Gasteiger partial charge in [-0.1, -0.05) is 198 Å². The number of aromatic nitrogens is 1. The van der Waals surface area contributed by atoms with Crippen LogP contribution in [0.5, 0.6) is 0 Å². The van der Waals surface area contributed by atoms with Gasteiger partial charge in [0.1, 0.15) is 0 Å². The highest BCUT2D eigenvalue weighted by Gasteiger charge is 2.27. The molecule has 0 aliphatic heterocycles. The van der Waals surface area contributed by atoms with Crippen molar-refractivity contribution in [2.45, 2.75) is 112 Å². The third-order valence-electron chi connectivity index (χ3n) is 14.5. The summed E-state index contributed by atoms with van der Waals surface area (Å²) < 4.78 is 2.53. The Bertz CT molecular complexity index is 3190. The van der Waals surface area contributed by atoms with E-state index in [9.17, 15) is 0 Å². The van der Waals surface area contributed by atoms with Crippen molar-refractivity contribution in [2.24, 2.45) is 0 Å². The molecule has 3 heteroatoms. The molecule has 9 aromatic carbocycles. The maximum Gasteiger partial charge on any atom is 0.0568 e. The van der Waals surface area contributed by atoms with Crippen LogP contribution in [0.1, 0.15) is 111 Å². The molecule has 352 valence electrons. The van der Waals surface area contributed by atoms with Crippen molar-refractivity contribution in [3.8, 4) is 5.69 Å². The molecule has 0 amide bonds. The molecule has 0 aliphatic rings. The van der Waals surface area contributed by atoms with Gasteiger partial charge in [0.2, 0.25) is 0 Å². The summed E-state index contributed by atoms with van der Waals surface area (Å²) in [4.78, 5) is 4.96. The molecular formula is C67H69N3. The average Bonchev–Trinajstić information content (AvgIpc) is 3.66. The Kier molecular flexibility index (Phi) is 11.4. The van der Waals surface area contributed by atoms with E-state index >= 15 is 0 Å². The van der Waals surface area contributed by atoms with E-state index in [2.05, 4.69) is 286 Å². The molecule has 0 aliphatic carbocycles. The smallest absolute Gasteiger partial charge is 0.0568 e. The molecule has 70 heavy (non-hydrogen) atoms. The highest BCUT2D eigenvalue weighted by molar-refractivity contribution is 6.32. The van der Waals surface area contributed by atoms with Gasteiger partial charge >= 0.3 is 0 Å². The normalized spacial score (nSPS) is 12.6.